The summed E-state index contributed by atoms with van der Waals surface area (Å²) in [5, 5.41) is 14.6. The van der Waals surface area contributed by atoms with Crippen LogP contribution in [0.4, 0.5) is 5.69 Å². The zero-order valence-corrected chi connectivity index (χ0v) is 15.8. The lowest BCUT2D eigenvalue weighted by molar-refractivity contribution is -0.385. The molecule has 0 spiro atoms. The van der Waals surface area contributed by atoms with Gasteiger partial charge in [0, 0.05) is 38.1 Å². The number of para-hydroxylation sites is 1. The van der Waals surface area contributed by atoms with E-state index in [0.29, 0.717) is 17.5 Å². The molecule has 8 heteroatoms. The molecule has 3 rings (SSSR count). The molecule has 0 bridgehead atoms. The molecule has 2 atom stereocenters. The molecular weight excluding hydrogens is 344 g/mol. The van der Waals surface area contributed by atoms with Gasteiger partial charge in [0.1, 0.15) is 0 Å². The zero-order valence-electron chi connectivity index (χ0n) is 15.8. The Balaban J connectivity index is 1.79. The fourth-order valence-corrected chi connectivity index (χ4v) is 3.50. The van der Waals surface area contributed by atoms with E-state index in [1.54, 1.807) is 18.3 Å². The summed E-state index contributed by atoms with van der Waals surface area (Å²) in [5.74, 6) is 1.35. The molecule has 2 unspecified atom stereocenters. The van der Waals surface area contributed by atoms with Crippen molar-refractivity contribution in [3.8, 4) is 0 Å². The minimum Gasteiger partial charge on any atom is -0.357 e. The third-order valence-electron chi connectivity index (χ3n) is 5.05. The number of nitro groups is 1. The van der Waals surface area contributed by atoms with Gasteiger partial charge in [-0.25, -0.2) is 9.98 Å². The maximum absolute atomic E-state index is 11.2. The number of hydrogen-bond acceptors (Lipinski definition) is 4. The van der Waals surface area contributed by atoms with Crippen molar-refractivity contribution in [1.29, 1.82) is 0 Å². The molecule has 8 nitrogen and oxygen atoms in total. The van der Waals surface area contributed by atoms with Crippen molar-refractivity contribution >= 4 is 11.6 Å². The predicted octanol–water partition coefficient (Wildman–Crippen LogP) is 2.84. The maximum atomic E-state index is 11.2. The molecule has 0 saturated carbocycles. The molecule has 27 heavy (non-hydrogen) atoms. The van der Waals surface area contributed by atoms with E-state index in [1.165, 1.54) is 6.07 Å². The van der Waals surface area contributed by atoms with E-state index in [0.717, 1.165) is 32.0 Å². The quantitative estimate of drug-likeness (QED) is 0.378. The van der Waals surface area contributed by atoms with Gasteiger partial charge in [-0.15, -0.1) is 0 Å². The first kappa shape index (κ1) is 18.9. The van der Waals surface area contributed by atoms with Gasteiger partial charge in [0.05, 0.1) is 29.4 Å². The molecule has 1 N–H and O–H groups in total. The lowest BCUT2D eigenvalue weighted by Crippen LogP contribution is -2.49. The molecule has 0 radical (unpaired) electrons. The fraction of sp³-hybridized carbons (Fsp3) is 0.474. The number of piperidine rings is 1. The van der Waals surface area contributed by atoms with Crippen LogP contribution in [0.15, 0.2) is 48.0 Å². The summed E-state index contributed by atoms with van der Waals surface area (Å²) in [5.41, 5.74) is 0.732. The second kappa shape index (κ2) is 8.66. The minimum atomic E-state index is -0.352. The number of benzene rings is 1. The number of aromatic nitrogens is 2. The average Bonchev–Trinajstić information content (AvgIpc) is 3.20. The summed E-state index contributed by atoms with van der Waals surface area (Å²) in [6.45, 7) is 7.06. The number of guanidine groups is 1. The third-order valence-corrected chi connectivity index (χ3v) is 5.05. The number of rotatable bonds is 5. The van der Waals surface area contributed by atoms with Gasteiger partial charge in [0.15, 0.2) is 5.96 Å². The Morgan fingerprint density at radius 2 is 2.26 bits per heavy atom. The van der Waals surface area contributed by atoms with Crippen LogP contribution in [0.5, 0.6) is 0 Å². The number of likely N-dealkylation sites (tertiary alicyclic amines) is 1. The highest BCUT2D eigenvalue weighted by molar-refractivity contribution is 5.80. The highest BCUT2D eigenvalue weighted by Crippen LogP contribution is 2.27. The molecule has 1 aliphatic heterocycles. The van der Waals surface area contributed by atoms with Gasteiger partial charge < -0.3 is 14.8 Å². The van der Waals surface area contributed by atoms with Gasteiger partial charge in [-0.05, 0) is 19.3 Å². The van der Waals surface area contributed by atoms with Crippen LogP contribution < -0.4 is 5.32 Å². The fourth-order valence-electron chi connectivity index (χ4n) is 3.50. The van der Waals surface area contributed by atoms with Crippen LogP contribution in [0, 0.1) is 16.0 Å². The zero-order chi connectivity index (χ0) is 19.2. The minimum absolute atomic E-state index is 0.112. The van der Waals surface area contributed by atoms with Crippen molar-refractivity contribution < 1.29 is 4.92 Å². The molecule has 1 aliphatic rings. The van der Waals surface area contributed by atoms with Crippen LogP contribution in [-0.2, 0) is 6.54 Å². The van der Waals surface area contributed by atoms with Crippen molar-refractivity contribution in [2.24, 2.45) is 10.9 Å². The summed E-state index contributed by atoms with van der Waals surface area (Å²) in [6, 6.07) is 7.10. The van der Waals surface area contributed by atoms with Gasteiger partial charge in [-0.3, -0.25) is 10.1 Å². The van der Waals surface area contributed by atoms with Gasteiger partial charge in [0.2, 0.25) is 0 Å². The van der Waals surface area contributed by atoms with E-state index in [1.807, 2.05) is 25.5 Å². The van der Waals surface area contributed by atoms with Gasteiger partial charge in [-0.2, -0.15) is 0 Å². The van der Waals surface area contributed by atoms with Crippen LogP contribution in [-0.4, -0.2) is 45.0 Å². The normalized spacial score (nSPS) is 20.5. The Morgan fingerprint density at radius 1 is 1.44 bits per heavy atom. The molecule has 1 aromatic heterocycles. The molecule has 2 aromatic rings. The Bertz CT molecular complexity index is 789. The first-order chi connectivity index (χ1) is 13.1. The topological polar surface area (TPSA) is 88.6 Å². The number of nitro benzene ring substituents is 1. The first-order valence-corrected chi connectivity index (χ1v) is 9.33. The van der Waals surface area contributed by atoms with E-state index in [-0.39, 0.29) is 17.2 Å². The molecule has 1 saturated heterocycles. The van der Waals surface area contributed by atoms with Crippen LogP contribution in [0.3, 0.4) is 0 Å². The van der Waals surface area contributed by atoms with Crippen LogP contribution in [0.25, 0.3) is 0 Å². The maximum Gasteiger partial charge on any atom is 0.274 e. The number of nitrogens with zero attached hydrogens (tertiary/aromatic N) is 5. The highest BCUT2D eigenvalue weighted by atomic mass is 16.6. The van der Waals surface area contributed by atoms with Crippen molar-refractivity contribution in [1.82, 2.24) is 19.8 Å². The summed E-state index contributed by atoms with van der Waals surface area (Å²) >= 11 is 0. The third kappa shape index (κ3) is 4.45. The van der Waals surface area contributed by atoms with Crippen molar-refractivity contribution in [3.63, 3.8) is 0 Å². The standard InChI is InChI=1S/C19H26N6O2/c1-3-21-19(22-12-16-6-4-5-7-17(16)25(26)27)23-10-8-15(2)18(13-23)24-11-9-20-14-24/h4-7,9,11,14-15,18H,3,8,10,12-13H2,1-2H3,(H,21,22). The summed E-state index contributed by atoms with van der Waals surface area (Å²) in [4.78, 5) is 22.0. The molecular formula is C19H26N6O2. The lowest BCUT2D eigenvalue weighted by Gasteiger charge is -2.39. The van der Waals surface area contributed by atoms with Crippen LogP contribution in [0.2, 0.25) is 0 Å². The Kier molecular flexibility index (Phi) is 6.05. The Labute approximate surface area is 159 Å². The van der Waals surface area contributed by atoms with Crippen LogP contribution >= 0.6 is 0 Å². The Morgan fingerprint density at radius 3 is 2.96 bits per heavy atom. The lowest BCUT2D eigenvalue weighted by atomic mass is 9.93. The van der Waals surface area contributed by atoms with Crippen molar-refractivity contribution in [2.45, 2.75) is 32.9 Å². The van der Waals surface area contributed by atoms with Crippen molar-refractivity contribution in [2.75, 3.05) is 19.6 Å². The molecule has 0 amide bonds. The van der Waals surface area contributed by atoms with E-state index in [4.69, 9.17) is 4.99 Å². The van der Waals surface area contributed by atoms with E-state index in [2.05, 4.69) is 26.7 Å². The average molecular weight is 370 g/mol. The molecule has 1 aromatic carbocycles. The van der Waals surface area contributed by atoms with Crippen LogP contribution in [0.1, 0.15) is 31.9 Å². The molecule has 0 aliphatic carbocycles. The summed E-state index contributed by atoms with van der Waals surface area (Å²) in [6.07, 6.45) is 6.72. The van der Waals surface area contributed by atoms with E-state index < -0.39 is 0 Å². The predicted molar refractivity (Wildman–Crippen MR) is 105 cm³/mol. The van der Waals surface area contributed by atoms with Gasteiger partial charge in [-0.1, -0.05) is 25.1 Å². The first-order valence-electron chi connectivity index (χ1n) is 9.33. The van der Waals surface area contributed by atoms with E-state index in [9.17, 15) is 10.1 Å². The van der Waals surface area contributed by atoms with Crippen molar-refractivity contribution in [3.05, 3.63) is 58.7 Å². The monoisotopic (exact) mass is 370 g/mol. The van der Waals surface area contributed by atoms with E-state index >= 15 is 0 Å². The van der Waals surface area contributed by atoms with Gasteiger partial charge in [0.25, 0.3) is 5.69 Å². The summed E-state index contributed by atoms with van der Waals surface area (Å²) < 4.78 is 2.16. The largest absolute Gasteiger partial charge is 0.357 e. The summed E-state index contributed by atoms with van der Waals surface area (Å²) in [7, 11) is 0. The SMILES string of the molecule is CCNC(=NCc1ccccc1[N+](=O)[O-])N1CCC(C)C(n2ccnc2)C1. The molecule has 144 valence electrons. The highest BCUT2D eigenvalue weighted by Gasteiger charge is 2.29. The number of imidazole rings is 1. The number of hydrogen-bond donors (Lipinski definition) is 1. The second-order valence-corrected chi connectivity index (χ2v) is 6.85. The molecule has 2 heterocycles. The van der Waals surface area contributed by atoms with Gasteiger partial charge >= 0.3 is 0 Å². The number of aliphatic imine (C=N–C) groups is 1. The molecule has 1 fully saturated rings. The second-order valence-electron chi connectivity index (χ2n) is 6.85. The smallest absolute Gasteiger partial charge is 0.274 e. The Hall–Kier alpha value is -2.90. The number of nitrogens with one attached hydrogen (secondary N) is 1.